The van der Waals surface area contributed by atoms with E-state index in [1.165, 1.54) is 0 Å². The second-order valence-corrected chi connectivity index (χ2v) is 3.76. The van der Waals surface area contributed by atoms with Gasteiger partial charge in [-0.25, -0.2) is 0 Å². The molecule has 0 N–H and O–H groups in total. The standard InChI is InChI=1S/C10H20O2/c1-5-6-10-11-8(3)7(2)9(4)12-10/h7-10H,5-6H2,1-4H3. The molecule has 0 aromatic rings. The normalized spacial score (nSPS) is 43.0. The van der Waals surface area contributed by atoms with Crippen LogP contribution in [-0.2, 0) is 9.47 Å². The van der Waals surface area contributed by atoms with E-state index in [1.54, 1.807) is 0 Å². The summed E-state index contributed by atoms with van der Waals surface area (Å²) in [7, 11) is 0. The molecule has 0 spiro atoms. The third-order valence-corrected chi connectivity index (χ3v) is 2.74. The summed E-state index contributed by atoms with van der Waals surface area (Å²) in [5, 5.41) is 0. The average molecular weight is 172 g/mol. The van der Waals surface area contributed by atoms with E-state index >= 15 is 0 Å². The molecule has 0 aliphatic carbocycles. The van der Waals surface area contributed by atoms with Crippen molar-refractivity contribution in [3.05, 3.63) is 0 Å². The number of rotatable bonds is 2. The molecule has 0 aromatic carbocycles. The Morgan fingerprint density at radius 1 is 1.00 bits per heavy atom. The van der Waals surface area contributed by atoms with Gasteiger partial charge in [0, 0.05) is 5.92 Å². The van der Waals surface area contributed by atoms with Gasteiger partial charge in [0.15, 0.2) is 6.29 Å². The van der Waals surface area contributed by atoms with Crippen LogP contribution in [0.25, 0.3) is 0 Å². The van der Waals surface area contributed by atoms with E-state index in [0.29, 0.717) is 18.1 Å². The lowest BCUT2D eigenvalue weighted by atomic mass is 9.99. The molecule has 2 unspecified atom stereocenters. The van der Waals surface area contributed by atoms with Crippen molar-refractivity contribution in [3.8, 4) is 0 Å². The molecule has 0 radical (unpaired) electrons. The molecular formula is C10H20O2. The van der Waals surface area contributed by atoms with Gasteiger partial charge in [0.2, 0.25) is 0 Å². The maximum absolute atomic E-state index is 5.69. The summed E-state index contributed by atoms with van der Waals surface area (Å²) >= 11 is 0. The fraction of sp³-hybridized carbons (Fsp3) is 1.00. The molecule has 1 heterocycles. The van der Waals surface area contributed by atoms with E-state index in [4.69, 9.17) is 9.47 Å². The maximum Gasteiger partial charge on any atom is 0.158 e. The van der Waals surface area contributed by atoms with Crippen LogP contribution in [0.5, 0.6) is 0 Å². The van der Waals surface area contributed by atoms with Crippen LogP contribution >= 0.6 is 0 Å². The van der Waals surface area contributed by atoms with Crippen LogP contribution in [-0.4, -0.2) is 18.5 Å². The molecule has 2 atom stereocenters. The molecule has 2 nitrogen and oxygen atoms in total. The smallest absolute Gasteiger partial charge is 0.158 e. The summed E-state index contributed by atoms with van der Waals surface area (Å²) < 4.78 is 11.4. The number of ether oxygens (including phenoxy) is 2. The summed E-state index contributed by atoms with van der Waals surface area (Å²) in [6.07, 6.45) is 2.85. The third kappa shape index (κ3) is 2.20. The highest BCUT2D eigenvalue weighted by Gasteiger charge is 2.30. The maximum atomic E-state index is 5.69. The van der Waals surface area contributed by atoms with Crippen LogP contribution in [0.4, 0.5) is 0 Å². The second kappa shape index (κ2) is 4.24. The highest BCUT2D eigenvalue weighted by Crippen LogP contribution is 2.25. The molecule has 1 rings (SSSR count). The van der Waals surface area contributed by atoms with Gasteiger partial charge < -0.3 is 9.47 Å². The Bertz CT molecular complexity index is 124. The number of hydrogen-bond acceptors (Lipinski definition) is 2. The van der Waals surface area contributed by atoms with Crippen molar-refractivity contribution in [1.82, 2.24) is 0 Å². The summed E-state index contributed by atoms with van der Waals surface area (Å²) in [5.74, 6) is 0.512. The Hall–Kier alpha value is -0.0800. The van der Waals surface area contributed by atoms with E-state index in [-0.39, 0.29) is 6.29 Å². The lowest BCUT2D eigenvalue weighted by Crippen LogP contribution is -2.42. The lowest BCUT2D eigenvalue weighted by Gasteiger charge is -2.37. The summed E-state index contributed by atoms with van der Waals surface area (Å²) in [4.78, 5) is 0. The van der Waals surface area contributed by atoms with Gasteiger partial charge in [-0.1, -0.05) is 20.3 Å². The molecule has 0 amide bonds. The zero-order chi connectivity index (χ0) is 9.14. The van der Waals surface area contributed by atoms with Crippen LogP contribution < -0.4 is 0 Å². The molecule has 1 fully saturated rings. The van der Waals surface area contributed by atoms with Crippen LogP contribution in [0.15, 0.2) is 0 Å². The minimum Gasteiger partial charge on any atom is -0.349 e. The van der Waals surface area contributed by atoms with Crippen molar-refractivity contribution in [2.75, 3.05) is 0 Å². The highest BCUT2D eigenvalue weighted by atomic mass is 16.7. The Morgan fingerprint density at radius 2 is 1.50 bits per heavy atom. The predicted octanol–water partition coefficient (Wildman–Crippen LogP) is 2.57. The van der Waals surface area contributed by atoms with Gasteiger partial charge in [-0.15, -0.1) is 0 Å². The number of hydrogen-bond donors (Lipinski definition) is 0. The molecule has 1 saturated heterocycles. The Balaban J connectivity index is 2.42. The van der Waals surface area contributed by atoms with Gasteiger partial charge in [0.25, 0.3) is 0 Å². The summed E-state index contributed by atoms with van der Waals surface area (Å²) in [6, 6.07) is 0. The minimum absolute atomic E-state index is 0.0381. The van der Waals surface area contributed by atoms with E-state index in [9.17, 15) is 0 Å². The first kappa shape index (κ1) is 10.0. The van der Waals surface area contributed by atoms with E-state index in [2.05, 4.69) is 27.7 Å². The molecule has 0 saturated carbocycles. The lowest BCUT2D eigenvalue weighted by molar-refractivity contribution is -0.258. The average Bonchev–Trinajstić information content (AvgIpc) is 2.01. The van der Waals surface area contributed by atoms with Crippen molar-refractivity contribution in [2.24, 2.45) is 5.92 Å². The molecule has 0 aromatic heterocycles. The quantitative estimate of drug-likeness (QED) is 0.637. The van der Waals surface area contributed by atoms with Crippen LogP contribution in [0.2, 0.25) is 0 Å². The van der Waals surface area contributed by atoms with Gasteiger partial charge >= 0.3 is 0 Å². The molecule has 12 heavy (non-hydrogen) atoms. The van der Waals surface area contributed by atoms with Gasteiger partial charge in [-0.2, -0.15) is 0 Å². The Labute approximate surface area is 75.2 Å². The molecule has 72 valence electrons. The molecular weight excluding hydrogens is 152 g/mol. The SMILES string of the molecule is CCCC1OC(C)C(C)C(C)O1. The fourth-order valence-corrected chi connectivity index (χ4v) is 1.51. The fourth-order valence-electron chi connectivity index (χ4n) is 1.51. The van der Waals surface area contributed by atoms with Crippen LogP contribution in [0.1, 0.15) is 40.5 Å². The van der Waals surface area contributed by atoms with Crippen molar-refractivity contribution < 1.29 is 9.47 Å². The van der Waals surface area contributed by atoms with Gasteiger partial charge in [-0.3, -0.25) is 0 Å². The summed E-state index contributed by atoms with van der Waals surface area (Å²) in [5.41, 5.74) is 0. The van der Waals surface area contributed by atoms with Crippen LogP contribution in [0.3, 0.4) is 0 Å². The largest absolute Gasteiger partial charge is 0.349 e. The minimum atomic E-state index is 0.0381. The van der Waals surface area contributed by atoms with Crippen molar-refractivity contribution >= 4 is 0 Å². The van der Waals surface area contributed by atoms with Gasteiger partial charge in [0.1, 0.15) is 0 Å². The highest BCUT2D eigenvalue weighted by molar-refractivity contribution is 4.73. The summed E-state index contributed by atoms with van der Waals surface area (Å²) in [6.45, 7) is 8.59. The topological polar surface area (TPSA) is 18.5 Å². The van der Waals surface area contributed by atoms with Crippen molar-refractivity contribution in [2.45, 2.75) is 59.0 Å². The monoisotopic (exact) mass is 172 g/mol. The second-order valence-electron chi connectivity index (χ2n) is 3.76. The van der Waals surface area contributed by atoms with E-state index < -0.39 is 0 Å². The first-order chi connectivity index (χ1) is 5.65. The predicted molar refractivity (Wildman–Crippen MR) is 49.0 cm³/mol. The van der Waals surface area contributed by atoms with Crippen molar-refractivity contribution in [3.63, 3.8) is 0 Å². The Kier molecular flexibility index (Phi) is 3.53. The molecule has 2 heteroatoms. The zero-order valence-electron chi connectivity index (χ0n) is 8.54. The van der Waals surface area contributed by atoms with E-state index in [1.807, 2.05) is 0 Å². The van der Waals surface area contributed by atoms with E-state index in [0.717, 1.165) is 12.8 Å². The molecule has 0 bridgehead atoms. The first-order valence-corrected chi connectivity index (χ1v) is 4.96. The third-order valence-electron chi connectivity index (χ3n) is 2.74. The van der Waals surface area contributed by atoms with Gasteiger partial charge in [-0.05, 0) is 20.3 Å². The molecule has 1 aliphatic heterocycles. The van der Waals surface area contributed by atoms with Gasteiger partial charge in [0.05, 0.1) is 12.2 Å². The zero-order valence-corrected chi connectivity index (χ0v) is 8.54. The molecule has 1 aliphatic rings. The Morgan fingerprint density at radius 3 is 1.92 bits per heavy atom. The van der Waals surface area contributed by atoms with Crippen molar-refractivity contribution in [1.29, 1.82) is 0 Å². The van der Waals surface area contributed by atoms with Crippen LogP contribution in [0, 0.1) is 5.92 Å². The first-order valence-electron chi connectivity index (χ1n) is 4.96.